The highest BCUT2D eigenvalue weighted by atomic mass is 16.5. The van der Waals surface area contributed by atoms with E-state index in [0.717, 1.165) is 25.7 Å². The third-order valence-electron chi connectivity index (χ3n) is 3.90. The van der Waals surface area contributed by atoms with Crippen LogP contribution >= 0.6 is 0 Å². The summed E-state index contributed by atoms with van der Waals surface area (Å²) in [7, 11) is 1.58. The zero-order valence-corrected chi connectivity index (χ0v) is 12.6. The number of hydrogen-bond acceptors (Lipinski definition) is 3. The van der Waals surface area contributed by atoms with Gasteiger partial charge in [0.05, 0.1) is 7.11 Å². The van der Waals surface area contributed by atoms with E-state index in [2.05, 4.69) is 12.2 Å². The molecular weight excluding hydrogens is 268 g/mol. The van der Waals surface area contributed by atoms with Gasteiger partial charge in [-0.05, 0) is 49.9 Å². The van der Waals surface area contributed by atoms with Gasteiger partial charge in [0.2, 0.25) is 0 Å². The second kappa shape index (κ2) is 7.11. The molecule has 21 heavy (non-hydrogen) atoms. The Balaban J connectivity index is 1.99. The maximum Gasteiger partial charge on any atom is 0.313 e. The molecule has 0 aromatic heterocycles. The highest BCUT2D eigenvalue weighted by Gasteiger charge is 2.29. The number of amides is 2. The lowest BCUT2D eigenvalue weighted by molar-refractivity contribution is -0.145. The van der Waals surface area contributed by atoms with Crippen molar-refractivity contribution >= 4 is 17.5 Å². The summed E-state index contributed by atoms with van der Waals surface area (Å²) >= 11 is 0. The smallest absolute Gasteiger partial charge is 0.313 e. The van der Waals surface area contributed by atoms with Gasteiger partial charge < -0.3 is 15.0 Å². The lowest BCUT2D eigenvalue weighted by Crippen LogP contribution is -2.48. The van der Waals surface area contributed by atoms with Gasteiger partial charge in [-0.3, -0.25) is 9.59 Å². The van der Waals surface area contributed by atoms with Crippen LogP contribution in [0.5, 0.6) is 5.75 Å². The van der Waals surface area contributed by atoms with Crippen molar-refractivity contribution < 1.29 is 14.3 Å². The maximum absolute atomic E-state index is 12.3. The number of anilines is 1. The van der Waals surface area contributed by atoms with Gasteiger partial charge in [-0.1, -0.05) is 6.92 Å². The molecule has 2 amide bonds. The molecule has 1 fully saturated rings. The molecule has 0 aliphatic carbocycles. The van der Waals surface area contributed by atoms with Gasteiger partial charge in [-0.15, -0.1) is 0 Å². The summed E-state index contributed by atoms with van der Waals surface area (Å²) in [5.74, 6) is -0.292. The fourth-order valence-electron chi connectivity index (χ4n) is 2.68. The topological polar surface area (TPSA) is 58.6 Å². The molecule has 1 aromatic carbocycles. The third-order valence-corrected chi connectivity index (χ3v) is 3.90. The highest BCUT2D eigenvalue weighted by molar-refractivity contribution is 6.39. The molecule has 114 valence electrons. The number of nitrogens with one attached hydrogen (secondary N) is 1. The molecule has 1 N–H and O–H groups in total. The molecule has 1 saturated heterocycles. The molecule has 1 aromatic rings. The first-order valence-electron chi connectivity index (χ1n) is 7.41. The van der Waals surface area contributed by atoms with Crippen molar-refractivity contribution in [3.05, 3.63) is 24.3 Å². The van der Waals surface area contributed by atoms with Crippen molar-refractivity contribution in [3.8, 4) is 5.75 Å². The zero-order chi connectivity index (χ0) is 15.2. The summed E-state index contributed by atoms with van der Waals surface area (Å²) in [6.45, 7) is 2.73. The molecule has 0 radical (unpaired) electrons. The zero-order valence-electron chi connectivity index (χ0n) is 12.6. The number of ether oxygens (including phenoxy) is 1. The van der Waals surface area contributed by atoms with Crippen LogP contribution in [0.25, 0.3) is 0 Å². The minimum absolute atomic E-state index is 0.188. The largest absolute Gasteiger partial charge is 0.497 e. The van der Waals surface area contributed by atoms with Crippen molar-refractivity contribution in [2.45, 2.75) is 38.6 Å². The Morgan fingerprint density at radius 1 is 1.29 bits per heavy atom. The Bertz CT molecular complexity index is 499. The molecule has 5 nitrogen and oxygen atoms in total. The molecule has 1 atom stereocenters. The Labute approximate surface area is 125 Å². The number of carbonyl (C=O) groups excluding carboxylic acids is 2. The molecular formula is C16H22N2O3. The Morgan fingerprint density at radius 3 is 2.62 bits per heavy atom. The van der Waals surface area contributed by atoms with Crippen molar-refractivity contribution in [1.29, 1.82) is 0 Å². The van der Waals surface area contributed by atoms with Gasteiger partial charge in [-0.2, -0.15) is 0 Å². The lowest BCUT2D eigenvalue weighted by Gasteiger charge is -2.34. The van der Waals surface area contributed by atoms with E-state index in [1.54, 1.807) is 36.3 Å². The van der Waals surface area contributed by atoms with Crippen molar-refractivity contribution in [3.63, 3.8) is 0 Å². The van der Waals surface area contributed by atoms with Crippen LogP contribution in [0.1, 0.15) is 32.6 Å². The molecule has 1 aliphatic rings. The summed E-state index contributed by atoms with van der Waals surface area (Å²) in [6, 6.07) is 7.12. The number of benzene rings is 1. The number of rotatable bonds is 3. The minimum atomic E-state index is -0.569. The van der Waals surface area contributed by atoms with Crippen LogP contribution in [0.15, 0.2) is 24.3 Å². The number of nitrogens with zero attached hydrogens (tertiary/aromatic N) is 1. The van der Waals surface area contributed by atoms with Gasteiger partial charge in [-0.25, -0.2) is 0 Å². The van der Waals surface area contributed by atoms with E-state index in [1.165, 1.54) is 0 Å². The van der Waals surface area contributed by atoms with Crippen molar-refractivity contribution in [2.24, 2.45) is 0 Å². The molecule has 0 spiro atoms. The second-order valence-corrected chi connectivity index (χ2v) is 5.24. The van der Waals surface area contributed by atoms with Gasteiger partial charge in [0.15, 0.2) is 0 Å². The summed E-state index contributed by atoms with van der Waals surface area (Å²) in [6.07, 6.45) is 3.97. The first-order valence-corrected chi connectivity index (χ1v) is 7.41. The van der Waals surface area contributed by atoms with E-state index in [0.29, 0.717) is 18.0 Å². The van der Waals surface area contributed by atoms with Crippen LogP contribution in [-0.4, -0.2) is 36.4 Å². The molecule has 5 heteroatoms. The molecule has 0 bridgehead atoms. The monoisotopic (exact) mass is 290 g/mol. The van der Waals surface area contributed by atoms with Crippen LogP contribution < -0.4 is 10.1 Å². The average Bonchev–Trinajstić information content (AvgIpc) is 2.54. The summed E-state index contributed by atoms with van der Waals surface area (Å²) in [5, 5.41) is 2.65. The fourth-order valence-corrected chi connectivity index (χ4v) is 2.68. The minimum Gasteiger partial charge on any atom is -0.497 e. The van der Waals surface area contributed by atoms with Crippen LogP contribution in [-0.2, 0) is 9.59 Å². The van der Waals surface area contributed by atoms with E-state index < -0.39 is 11.8 Å². The SMILES string of the molecule is CCC1CCCCN1C(=O)C(=O)Nc1ccc(OC)cc1. The summed E-state index contributed by atoms with van der Waals surface area (Å²) in [5.41, 5.74) is 0.596. The first kappa shape index (κ1) is 15.4. The van der Waals surface area contributed by atoms with Crippen LogP contribution in [0.3, 0.4) is 0 Å². The van der Waals surface area contributed by atoms with E-state index in [4.69, 9.17) is 4.74 Å². The van der Waals surface area contributed by atoms with Gasteiger partial charge in [0, 0.05) is 18.3 Å². The number of methoxy groups -OCH3 is 1. The average molecular weight is 290 g/mol. The van der Waals surface area contributed by atoms with E-state index in [-0.39, 0.29) is 6.04 Å². The Kier molecular flexibility index (Phi) is 5.20. The van der Waals surface area contributed by atoms with E-state index in [9.17, 15) is 9.59 Å². The molecule has 1 aliphatic heterocycles. The second-order valence-electron chi connectivity index (χ2n) is 5.24. The van der Waals surface area contributed by atoms with E-state index >= 15 is 0 Å². The highest BCUT2D eigenvalue weighted by Crippen LogP contribution is 2.20. The molecule has 1 unspecified atom stereocenters. The Morgan fingerprint density at radius 2 is 2.00 bits per heavy atom. The van der Waals surface area contributed by atoms with Crippen molar-refractivity contribution in [2.75, 3.05) is 19.0 Å². The van der Waals surface area contributed by atoms with Gasteiger partial charge in [0.25, 0.3) is 0 Å². The standard InChI is InChI=1S/C16H22N2O3/c1-3-13-6-4-5-11-18(13)16(20)15(19)17-12-7-9-14(21-2)10-8-12/h7-10,13H,3-6,11H2,1-2H3,(H,17,19). The molecule has 0 saturated carbocycles. The van der Waals surface area contributed by atoms with Crippen LogP contribution in [0.2, 0.25) is 0 Å². The van der Waals surface area contributed by atoms with Crippen LogP contribution in [0.4, 0.5) is 5.69 Å². The molecule has 2 rings (SSSR count). The number of carbonyl (C=O) groups is 2. The quantitative estimate of drug-likeness (QED) is 0.870. The van der Waals surface area contributed by atoms with Crippen LogP contribution in [0, 0.1) is 0 Å². The van der Waals surface area contributed by atoms with Gasteiger partial charge in [0.1, 0.15) is 5.75 Å². The lowest BCUT2D eigenvalue weighted by atomic mass is 10.00. The number of likely N-dealkylation sites (tertiary alicyclic amines) is 1. The maximum atomic E-state index is 12.3. The van der Waals surface area contributed by atoms with Crippen molar-refractivity contribution in [1.82, 2.24) is 4.90 Å². The number of hydrogen-bond donors (Lipinski definition) is 1. The summed E-state index contributed by atoms with van der Waals surface area (Å²) in [4.78, 5) is 26.1. The predicted molar refractivity (Wildman–Crippen MR) is 81.3 cm³/mol. The molecule has 1 heterocycles. The predicted octanol–water partition coefficient (Wildman–Crippen LogP) is 2.42. The first-order chi connectivity index (χ1) is 10.2. The normalized spacial score (nSPS) is 18.2. The number of piperidine rings is 1. The third kappa shape index (κ3) is 3.74. The fraction of sp³-hybridized carbons (Fsp3) is 0.500. The summed E-state index contributed by atoms with van der Waals surface area (Å²) < 4.78 is 5.06. The Hall–Kier alpha value is -2.04. The van der Waals surface area contributed by atoms with E-state index in [1.807, 2.05) is 0 Å². The van der Waals surface area contributed by atoms with Gasteiger partial charge >= 0.3 is 11.8 Å².